The third-order valence-corrected chi connectivity index (χ3v) is 4.15. The van der Waals surface area contributed by atoms with E-state index in [1.54, 1.807) is 6.07 Å². The molecule has 22 heavy (non-hydrogen) atoms. The first-order chi connectivity index (χ1) is 10.6. The fourth-order valence-electron chi connectivity index (χ4n) is 3.02. The van der Waals surface area contributed by atoms with Crippen LogP contribution in [0.5, 0.6) is 0 Å². The maximum atomic E-state index is 11.7. The highest BCUT2D eigenvalue weighted by atomic mass is 16.5. The quantitative estimate of drug-likeness (QED) is 0.768. The van der Waals surface area contributed by atoms with Crippen molar-refractivity contribution < 1.29 is 19.4 Å². The number of anilines is 1. The summed E-state index contributed by atoms with van der Waals surface area (Å²) in [6.07, 6.45) is 4.48. The maximum absolute atomic E-state index is 11.7. The first-order valence-corrected chi connectivity index (χ1v) is 7.50. The second kappa shape index (κ2) is 6.31. The molecule has 3 atom stereocenters. The van der Waals surface area contributed by atoms with Crippen LogP contribution < -0.4 is 10.6 Å². The first kappa shape index (κ1) is 14.8. The number of carboxylic acids is 1. The second-order valence-electron chi connectivity index (χ2n) is 5.67. The highest BCUT2D eigenvalue weighted by Gasteiger charge is 2.36. The van der Waals surface area contributed by atoms with Gasteiger partial charge in [-0.15, -0.1) is 0 Å². The van der Waals surface area contributed by atoms with Gasteiger partial charge in [-0.25, -0.2) is 9.78 Å². The summed E-state index contributed by atoms with van der Waals surface area (Å²) in [4.78, 5) is 26.6. The van der Waals surface area contributed by atoms with E-state index in [0.717, 1.165) is 19.4 Å². The van der Waals surface area contributed by atoms with Gasteiger partial charge in [0.05, 0.1) is 23.8 Å². The molecule has 1 amide bonds. The van der Waals surface area contributed by atoms with Crippen molar-refractivity contribution in [3.05, 3.63) is 23.9 Å². The van der Waals surface area contributed by atoms with Crippen LogP contribution in [0, 0.1) is 0 Å². The van der Waals surface area contributed by atoms with Crippen LogP contribution in [0.15, 0.2) is 18.3 Å². The molecule has 3 N–H and O–H groups in total. The Morgan fingerprint density at radius 3 is 2.91 bits per heavy atom. The molecular weight excluding hydrogens is 286 g/mol. The lowest BCUT2D eigenvalue weighted by Crippen LogP contribution is -2.56. The molecule has 3 rings (SSSR count). The molecule has 3 heterocycles. The van der Waals surface area contributed by atoms with Crippen molar-refractivity contribution in [3.8, 4) is 0 Å². The van der Waals surface area contributed by atoms with Crippen LogP contribution in [0.1, 0.15) is 36.0 Å². The van der Waals surface area contributed by atoms with Crippen molar-refractivity contribution in [1.29, 1.82) is 0 Å². The fourth-order valence-corrected chi connectivity index (χ4v) is 3.02. The molecule has 118 valence electrons. The number of hydrogen-bond donors (Lipinski definition) is 3. The summed E-state index contributed by atoms with van der Waals surface area (Å²) < 4.78 is 5.71. The number of pyridine rings is 1. The topological polar surface area (TPSA) is 101 Å². The summed E-state index contributed by atoms with van der Waals surface area (Å²) in [5.41, 5.74) is 0.151. The Morgan fingerprint density at radius 1 is 1.41 bits per heavy atom. The lowest BCUT2D eigenvalue weighted by molar-refractivity contribution is -0.124. The third kappa shape index (κ3) is 3.19. The summed E-state index contributed by atoms with van der Waals surface area (Å²) in [6.45, 7) is 0.731. The number of rotatable bonds is 4. The van der Waals surface area contributed by atoms with Gasteiger partial charge in [-0.1, -0.05) is 0 Å². The zero-order chi connectivity index (χ0) is 15.5. The number of carbonyl (C=O) groups excluding carboxylic acids is 1. The highest BCUT2D eigenvalue weighted by Crippen LogP contribution is 2.24. The van der Waals surface area contributed by atoms with E-state index < -0.39 is 5.97 Å². The Balaban J connectivity index is 1.70. The minimum atomic E-state index is -0.999. The van der Waals surface area contributed by atoms with E-state index in [4.69, 9.17) is 9.84 Å². The van der Waals surface area contributed by atoms with Crippen LogP contribution in [0.25, 0.3) is 0 Å². The van der Waals surface area contributed by atoms with E-state index in [9.17, 15) is 9.59 Å². The van der Waals surface area contributed by atoms with Crippen molar-refractivity contribution in [3.63, 3.8) is 0 Å². The van der Waals surface area contributed by atoms with E-state index in [-0.39, 0.29) is 29.7 Å². The Labute approximate surface area is 128 Å². The smallest absolute Gasteiger partial charge is 0.337 e. The summed E-state index contributed by atoms with van der Waals surface area (Å²) >= 11 is 0. The van der Waals surface area contributed by atoms with Gasteiger partial charge in [-0.05, 0) is 31.4 Å². The molecular formula is C15H19N3O4. The van der Waals surface area contributed by atoms with Gasteiger partial charge in [0.15, 0.2) is 0 Å². The molecule has 7 heteroatoms. The van der Waals surface area contributed by atoms with Gasteiger partial charge in [-0.2, -0.15) is 0 Å². The van der Waals surface area contributed by atoms with Crippen LogP contribution in [0.3, 0.4) is 0 Å². The zero-order valence-corrected chi connectivity index (χ0v) is 12.1. The number of nitrogens with one attached hydrogen (secondary N) is 2. The summed E-state index contributed by atoms with van der Waals surface area (Å²) in [5, 5.41) is 15.2. The third-order valence-electron chi connectivity index (χ3n) is 4.15. The van der Waals surface area contributed by atoms with E-state index >= 15 is 0 Å². The summed E-state index contributed by atoms with van der Waals surface area (Å²) in [7, 11) is 0. The number of piperidine rings is 1. The zero-order valence-electron chi connectivity index (χ0n) is 12.1. The summed E-state index contributed by atoms with van der Waals surface area (Å²) in [6, 6.07) is 3.11. The van der Waals surface area contributed by atoms with E-state index in [0.29, 0.717) is 18.7 Å². The number of carbonyl (C=O) groups is 2. The molecule has 0 spiro atoms. The van der Waals surface area contributed by atoms with Crippen LogP contribution in [-0.2, 0) is 9.53 Å². The SMILES string of the molecule is O=C1CCC(Nc2ccc(C(=O)O)cn2)C(C2CCCO2)N1. The van der Waals surface area contributed by atoms with Crippen molar-refractivity contribution >= 4 is 17.7 Å². The predicted octanol–water partition coefficient (Wildman–Crippen LogP) is 1.02. The molecule has 2 fully saturated rings. The molecule has 2 aliphatic rings. The van der Waals surface area contributed by atoms with Gasteiger partial charge in [-0.3, -0.25) is 4.79 Å². The molecule has 2 saturated heterocycles. The van der Waals surface area contributed by atoms with Crippen LogP contribution in [-0.4, -0.2) is 46.8 Å². The number of aromatic carboxylic acids is 1. The van der Waals surface area contributed by atoms with Gasteiger partial charge in [0.2, 0.25) is 5.91 Å². The number of hydrogen-bond acceptors (Lipinski definition) is 5. The first-order valence-electron chi connectivity index (χ1n) is 7.50. The molecule has 0 saturated carbocycles. The van der Waals surface area contributed by atoms with Gasteiger partial charge in [0.1, 0.15) is 5.82 Å². The van der Waals surface area contributed by atoms with Gasteiger partial charge >= 0.3 is 5.97 Å². The lowest BCUT2D eigenvalue weighted by Gasteiger charge is -2.36. The number of ether oxygens (including phenoxy) is 1. The molecule has 2 aliphatic heterocycles. The van der Waals surface area contributed by atoms with Gasteiger partial charge in [0.25, 0.3) is 0 Å². The number of amides is 1. The van der Waals surface area contributed by atoms with Crippen LogP contribution >= 0.6 is 0 Å². The Kier molecular flexibility index (Phi) is 4.24. The van der Waals surface area contributed by atoms with E-state index in [2.05, 4.69) is 15.6 Å². The molecule has 1 aromatic rings. The van der Waals surface area contributed by atoms with Crippen molar-refractivity contribution in [1.82, 2.24) is 10.3 Å². The minimum absolute atomic E-state index is 0.0278. The standard InChI is InChI=1S/C15H19N3O4/c19-13-6-4-10(14(18-13)11-2-1-7-22-11)17-12-5-3-9(8-16-12)15(20)21/h3,5,8,10-11,14H,1-2,4,6-7H2,(H,16,17)(H,18,19)(H,20,21). The lowest BCUT2D eigenvalue weighted by atomic mass is 9.92. The van der Waals surface area contributed by atoms with Gasteiger partial charge < -0.3 is 20.5 Å². The number of aromatic nitrogens is 1. The van der Waals surface area contributed by atoms with Crippen LogP contribution in [0.4, 0.5) is 5.82 Å². The molecule has 0 aliphatic carbocycles. The van der Waals surface area contributed by atoms with E-state index in [1.807, 2.05) is 0 Å². The number of nitrogens with zero attached hydrogens (tertiary/aromatic N) is 1. The molecule has 0 bridgehead atoms. The predicted molar refractivity (Wildman–Crippen MR) is 78.7 cm³/mol. The Bertz CT molecular complexity index is 554. The maximum Gasteiger partial charge on any atom is 0.337 e. The normalized spacial score (nSPS) is 28.2. The molecule has 0 aromatic carbocycles. The monoisotopic (exact) mass is 305 g/mol. The minimum Gasteiger partial charge on any atom is -0.478 e. The molecule has 0 radical (unpaired) electrons. The average molecular weight is 305 g/mol. The summed E-state index contributed by atoms with van der Waals surface area (Å²) in [5.74, 6) is -0.344. The van der Waals surface area contributed by atoms with Crippen molar-refractivity contribution in [2.24, 2.45) is 0 Å². The number of carboxylic acid groups (broad SMARTS) is 1. The highest BCUT2D eigenvalue weighted by molar-refractivity contribution is 5.87. The average Bonchev–Trinajstić information content (AvgIpc) is 3.04. The Hall–Kier alpha value is -2.15. The molecule has 7 nitrogen and oxygen atoms in total. The van der Waals surface area contributed by atoms with E-state index in [1.165, 1.54) is 12.3 Å². The molecule has 1 aromatic heterocycles. The second-order valence-corrected chi connectivity index (χ2v) is 5.67. The molecule has 3 unspecified atom stereocenters. The Morgan fingerprint density at radius 2 is 2.27 bits per heavy atom. The van der Waals surface area contributed by atoms with Gasteiger partial charge in [0, 0.05) is 19.2 Å². The van der Waals surface area contributed by atoms with Crippen LogP contribution in [0.2, 0.25) is 0 Å². The van der Waals surface area contributed by atoms with Crippen molar-refractivity contribution in [2.45, 2.75) is 43.9 Å². The largest absolute Gasteiger partial charge is 0.478 e. The van der Waals surface area contributed by atoms with Crippen molar-refractivity contribution in [2.75, 3.05) is 11.9 Å². The fraction of sp³-hybridized carbons (Fsp3) is 0.533.